The zero-order valence-electron chi connectivity index (χ0n) is 2.75. The molecule has 0 aliphatic carbocycles. The Hall–Kier alpha value is 1.23. The van der Waals surface area contributed by atoms with E-state index in [0.717, 1.165) is 0 Å². The molecule has 0 aromatic carbocycles. The van der Waals surface area contributed by atoms with Crippen LogP contribution >= 0.6 is 29.1 Å². The number of rotatable bonds is 0. The molecule has 0 rings (SSSR count). The van der Waals surface area contributed by atoms with Crippen molar-refractivity contribution in [2.24, 2.45) is 0 Å². The van der Waals surface area contributed by atoms with E-state index in [2.05, 4.69) is 13.2 Å². The summed E-state index contributed by atoms with van der Waals surface area (Å²) in [5.41, 5.74) is 0. The minimum atomic E-state index is -1.66. The molecule has 0 N–H and O–H groups in total. The standard InChI is InChI=1S/C2H3.3ClH.Rh/c1-2;;;;/h1H,2H2;3*1H;/q;;;;+3/p-3. The first-order chi connectivity index (χ1) is 2.73. The quantitative estimate of drug-likeness (QED) is 0.567. The molecule has 0 bridgehead atoms. The van der Waals surface area contributed by atoms with E-state index in [-0.39, 0.29) is 0 Å². The third-order valence-corrected chi connectivity index (χ3v) is 0. The molecule has 0 atom stereocenters. The van der Waals surface area contributed by atoms with Crippen LogP contribution in [0.15, 0.2) is 6.58 Å². The predicted octanol–water partition coefficient (Wildman–Crippen LogP) is 2.67. The molecule has 0 aromatic rings. The van der Waals surface area contributed by atoms with Gasteiger partial charge in [-0.1, -0.05) is 13.2 Å². The van der Waals surface area contributed by atoms with Gasteiger partial charge in [0.2, 0.25) is 0 Å². The van der Waals surface area contributed by atoms with Crippen LogP contribution in [0.4, 0.5) is 0 Å². The molecule has 0 aliphatic rings. The molecule has 0 aliphatic heterocycles. The van der Waals surface area contributed by atoms with Gasteiger partial charge in [-0.3, -0.25) is 0 Å². The average molecular weight is 236 g/mol. The van der Waals surface area contributed by atoms with Gasteiger partial charge in [-0.25, -0.2) is 0 Å². The van der Waals surface area contributed by atoms with Crippen molar-refractivity contribution in [1.82, 2.24) is 0 Å². The molecular weight excluding hydrogens is 233 g/mol. The van der Waals surface area contributed by atoms with Gasteiger partial charge >= 0.3 is 42.1 Å². The van der Waals surface area contributed by atoms with E-state index >= 15 is 0 Å². The summed E-state index contributed by atoms with van der Waals surface area (Å²) in [6.45, 7) is 7.00. The van der Waals surface area contributed by atoms with Crippen LogP contribution in [0.2, 0.25) is 0 Å². The Morgan fingerprint density at radius 1 is 1.17 bits per heavy atom. The number of hydrogen-bond acceptors (Lipinski definition) is 0. The molecule has 0 spiro atoms. The first kappa shape index (κ1) is 10.3. The van der Waals surface area contributed by atoms with E-state index in [1.165, 1.54) is 0 Å². The van der Waals surface area contributed by atoms with Crippen molar-refractivity contribution in [2.45, 2.75) is 0 Å². The monoisotopic (exact) mass is 235 g/mol. The molecule has 0 aromatic heterocycles. The van der Waals surface area contributed by atoms with Gasteiger partial charge in [-0.15, -0.1) is 0 Å². The first-order valence-electron chi connectivity index (χ1n) is 0.786. The van der Waals surface area contributed by atoms with Gasteiger partial charge in [-0.05, 0) is 0 Å². The second-order valence-corrected chi connectivity index (χ2v) is 7.61. The Labute approximate surface area is 55.1 Å². The summed E-state index contributed by atoms with van der Waals surface area (Å²) in [4.78, 5) is 0. The third-order valence-electron chi connectivity index (χ3n) is 0. The summed E-state index contributed by atoms with van der Waals surface area (Å²) in [6.07, 6.45) is 0. The Morgan fingerprint density at radius 2 is 1.17 bits per heavy atom. The zero-order chi connectivity index (χ0) is 5.58. The summed E-state index contributed by atoms with van der Waals surface area (Å²) in [6, 6.07) is 0. The van der Waals surface area contributed by atoms with Crippen molar-refractivity contribution >= 4 is 29.1 Å². The number of halogens is 3. The molecule has 41 valence electrons. The summed E-state index contributed by atoms with van der Waals surface area (Å²) < 4.78 is 0. The summed E-state index contributed by atoms with van der Waals surface area (Å²) in [5.74, 6) is 0. The first-order valence-corrected chi connectivity index (χ1v) is 7.12. The van der Waals surface area contributed by atoms with Crippen LogP contribution in [0, 0.1) is 6.58 Å². The van der Waals surface area contributed by atoms with Gasteiger partial charge in [0.1, 0.15) is 0 Å². The Kier molecular flexibility index (Phi) is 16.3. The fraction of sp³-hybridized carbons (Fsp3) is 0. The SMILES string of the molecule is [CH]=C.[Cl][Rh]([Cl])[Cl]. The Morgan fingerprint density at radius 3 is 1.17 bits per heavy atom. The van der Waals surface area contributed by atoms with Gasteiger partial charge in [0.05, 0.1) is 0 Å². The van der Waals surface area contributed by atoms with Crippen LogP contribution in [0.3, 0.4) is 0 Å². The van der Waals surface area contributed by atoms with Crippen molar-refractivity contribution in [2.75, 3.05) is 0 Å². The molecule has 0 saturated heterocycles. The number of hydrogen-bond donors (Lipinski definition) is 0. The molecule has 0 saturated carbocycles. The minimum absolute atomic E-state index is 1.66. The van der Waals surface area contributed by atoms with Crippen LogP contribution < -0.4 is 0 Å². The van der Waals surface area contributed by atoms with Gasteiger partial charge in [-0.2, -0.15) is 0 Å². The van der Waals surface area contributed by atoms with E-state index < -0.39 is 13.0 Å². The molecule has 0 fully saturated rings. The molecule has 4 heteroatoms. The van der Waals surface area contributed by atoms with Crippen molar-refractivity contribution in [1.29, 1.82) is 0 Å². The van der Waals surface area contributed by atoms with Crippen LogP contribution in [0.5, 0.6) is 0 Å². The van der Waals surface area contributed by atoms with E-state index in [1.807, 2.05) is 0 Å². The fourth-order valence-corrected chi connectivity index (χ4v) is 0. The van der Waals surface area contributed by atoms with Crippen molar-refractivity contribution in [3.63, 3.8) is 0 Å². The predicted molar refractivity (Wildman–Crippen MR) is 27.5 cm³/mol. The molecule has 6 heavy (non-hydrogen) atoms. The van der Waals surface area contributed by atoms with Gasteiger partial charge in [0.15, 0.2) is 0 Å². The molecule has 0 nitrogen and oxygen atoms in total. The molecule has 1 radical (unpaired) electrons. The maximum absolute atomic E-state index is 4.94. The van der Waals surface area contributed by atoms with E-state index in [4.69, 9.17) is 29.1 Å². The van der Waals surface area contributed by atoms with Crippen LogP contribution in [-0.4, -0.2) is 0 Å². The van der Waals surface area contributed by atoms with Crippen molar-refractivity contribution in [3.05, 3.63) is 13.2 Å². The molecule has 0 amide bonds. The molecule has 0 unspecified atom stereocenters. The Bertz CT molecular complexity index is 20.0. The molecular formula is C2H3Cl3Rh. The Balaban J connectivity index is 0. The maximum atomic E-state index is 4.94. The van der Waals surface area contributed by atoms with Gasteiger partial charge in [0, 0.05) is 0 Å². The van der Waals surface area contributed by atoms with E-state index in [0.29, 0.717) is 0 Å². The van der Waals surface area contributed by atoms with Gasteiger partial charge in [0.25, 0.3) is 0 Å². The molecule has 0 heterocycles. The second-order valence-electron chi connectivity index (χ2n) is 0.143. The topological polar surface area (TPSA) is 0 Å². The van der Waals surface area contributed by atoms with E-state index in [9.17, 15) is 0 Å². The fourth-order valence-electron chi connectivity index (χ4n) is 0. The van der Waals surface area contributed by atoms with Crippen molar-refractivity contribution in [3.8, 4) is 0 Å². The normalized spacial score (nSPS) is 8.17. The summed E-state index contributed by atoms with van der Waals surface area (Å²) in [7, 11) is 14.8. The zero-order valence-corrected chi connectivity index (χ0v) is 6.66. The van der Waals surface area contributed by atoms with Gasteiger partial charge < -0.3 is 0 Å². The third kappa shape index (κ3) is 61.7. The average Bonchev–Trinajstić information content (AvgIpc) is 1.41. The van der Waals surface area contributed by atoms with Crippen LogP contribution in [0.1, 0.15) is 0 Å². The van der Waals surface area contributed by atoms with Crippen molar-refractivity contribution < 1.29 is 13.0 Å². The van der Waals surface area contributed by atoms with E-state index in [1.54, 1.807) is 0 Å². The second kappa shape index (κ2) is 9.53. The van der Waals surface area contributed by atoms with Crippen LogP contribution in [0.25, 0.3) is 0 Å². The summed E-state index contributed by atoms with van der Waals surface area (Å²) >= 11 is -1.66. The summed E-state index contributed by atoms with van der Waals surface area (Å²) in [5, 5.41) is 0. The van der Waals surface area contributed by atoms with Crippen LogP contribution in [-0.2, 0) is 13.0 Å².